The first kappa shape index (κ1) is 4.96. The van der Waals surface area contributed by atoms with Gasteiger partial charge in [0.2, 0.25) is 0 Å². The Morgan fingerprint density at radius 3 is 2.00 bits per heavy atom. The van der Waals surface area contributed by atoms with E-state index in [1.165, 1.54) is 0 Å². The molecule has 1 unspecified atom stereocenters. The predicted octanol–water partition coefficient (Wildman–Crippen LogP) is 0.855. The van der Waals surface area contributed by atoms with Crippen LogP contribution in [0, 0.1) is 6.92 Å². The van der Waals surface area contributed by atoms with E-state index in [1.54, 1.807) is 7.11 Å². The summed E-state index contributed by atoms with van der Waals surface area (Å²) < 4.78 is 4.64. The highest BCUT2D eigenvalue weighted by atomic mass is 16.5. The van der Waals surface area contributed by atoms with E-state index in [4.69, 9.17) is 0 Å². The monoisotopic (exact) mass is 73.1 g/mol. The Bertz CT molecular complexity index is 17.6. The average molecular weight is 73.1 g/mol. The first-order valence-corrected chi connectivity index (χ1v) is 1.63. The van der Waals surface area contributed by atoms with Crippen LogP contribution in [0.4, 0.5) is 0 Å². The molecule has 0 aromatic carbocycles. The van der Waals surface area contributed by atoms with E-state index >= 15 is 0 Å². The third kappa shape index (κ3) is 3.96. The maximum atomic E-state index is 4.64. The zero-order valence-corrected chi connectivity index (χ0v) is 3.69. The maximum Gasteiger partial charge on any atom is 0.0544 e. The molecule has 31 valence electrons. The zero-order valence-electron chi connectivity index (χ0n) is 3.69. The van der Waals surface area contributed by atoms with Crippen molar-refractivity contribution >= 4 is 0 Å². The van der Waals surface area contributed by atoms with Gasteiger partial charge in [-0.15, -0.1) is 0 Å². The van der Waals surface area contributed by atoms with Gasteiger partial charge >= 0.3 is 0 Å². The summed E-state index contributed by atoms with van der Waals surface area (Å²) in [5.74, 6) is 0. The Balaban J connectivity index is 2.54. The molecular weight excluding hydrogens is 64.0 g/mol. The van der Waals surface area contributed by atoms with Gasteiger partial charge in [0.1, 0.15) is 0 Å². The van der Waals surface area contributed by atoms with E-state index < -0.39 is 0 Å². The standard InChI is InChI=1S/C4H9O/c1-4(2)5-3/h4H,1H2,2-3H3. The van der Waals surface area contributed by atoms with Gasteiger partial charge < -0.3 is 4.74 Å². The molecule has 0 fully saturated rings. The highest BCUT2D eigenvalue weighted by Crippen LogP contribution is 1.76. The molecule has 1 heteroatoms. The van der Waals surface area contributed by atoms with Crippen LogP contribution in [0.15, 0.2) is 0 Å². The second-order valence-corrected chi connectivity index (χ2v) is 1.05. The largest absolute Gasteiger partial charge is 0.382 e. The quantitative estimate of drug-likeness (QED) is 0.447. The molecule has 0 aromatic rings. The summed E-state index contributed by atoms with van der Waals surface area (Å²) in [7, 11) is 1.64. The number of ether oxygens (including phenoxy) is 1. The van der Waals surface area contributed by atoms with Crippen LogP contribution in [0.5, 0.6) is 0 Å². The van der Waals surface area contributed by atoms with E-state index in [0.29, 0.717) is 0 Å². The van der Waals surface area contributed by atoms with Crippen LogP contribution < -0.4 is 0 Å². The molecule has 0 N–H and O–H groups in total. The predicted molar refractivity (Wildman–Crippen MR) is 21.8 cm³/mol. The summed E-state index contributed by atoms with van der Waals surface area (Å²) in [6.07, 6.45) is 0.134. The molecule has 5 heavy (non-hydrogen) atoms. The van der Waals surface area contributed by atoms with Crippen LogP contribution in [0.1, 0.15) is 6.92 Å². The maximum absolute atomic E-state index is 4.64. The van der Waals surface area contributed by atoms with Gasteiger partial charge in [-0.2, -0.15) is 0 Å². The molecule has 0 amide bonds. The number of hydrogen-bond donors (Lipinski definition) is 0. The average Bonchev–Trinajstić information content (AvgIpc) is 1.38. The fourth-order valence-electron chi connectivity index (χ4n) is 0. The molecule has 0 rings (SSSR count). The van der Waals surface area contributed by atoms with E-state index in [2.05, 4.69) is 11.7 Å². The van der Waals surface area contributed by atoms with Crippen molar-refractivity contribution in [1.29, 1.82) is 0 Å². The number of hydrogen-bond acceptors (Lipinski definition) is 1. The first-order valence-electron chi connectivity index (χ1n) is 1.63. The van der Waals surface area contributed by atoms with Crippen LogP contribution in [-0.4, -0.2) is 13.2 Å². The van der Waals surface area contributed by atoms with Gasteiger partial charge in [0.25, 0.3) is 0 Å². The Labute approximate surface area is 32.9 Å². The molecular formula is C4H9O. The van der Waals surface area contributed by atoms with E-state index in [1.807, 2.05) is 6.92 Å². The Kier molecular flexibility index (Phi) is 2.19. The third-order valence-electron chi connectivity index (χ3n) is 0.402. The smallest absolute Gasteiger partial charge is 0.0544 e. The van der Waals surface area contributed by atoms with Crippen molar-refractivity contribution in [1.82, 2.24) is 0 Å². The van der Waals surface area contributed by atoms with Gasteiger partial charge in [0, 0.05) is 7.11 Å². The number of rotatable bonds is 1. The van der Waals surface area contributed by atoms with Crippen LogP contribution in [0.2, 0.25) is 0 Å². The lowest BCUT2D eigenvalue weighted by molar-refractivity contribution is 0.154. The Morgan fingerprint density at radius 1 is 1.80 bits per heavy atom. The summed E-state index contributed by atoms with van der Waals surface area (Å²) in [6, 6.07) is 0. The molecule has 1 nitrogen and oxygen atoms in total. The summed E-state index contributed by atoms with van der Waals surface area (Å²) >= 11 is 0. The lowest BCUT2D eigenvalue weighted by Crippen LogP contribution is -1.94. The summed E-state index contributed by atoms with van der Waals surface area (Å²) in [6.45, 7) is 5.42. The molecule has 0 aliphatic rings. The van der Waals surface area contributed by atoms with Gasteiger partial charge in [-0.1, -0.05) is 0 Å². The molecule has 0 saturated carbocycles. The molecule has 1 radical (unpaired) electrons. The SMILES string of the molecule is [CH2]C(C)OC. The molecule has 0 aliphatic carbocycles. The first-order chi connectivity index (χ1) is 2.27. The van der Waals surface area contributed by atoms with Crippen molar-refractivity contribution < 1.29 is 4.74 Å². The third-order valence-corrected chi connectivity index (χ3v) is 0.402. The van der Waals surface area contributed by atoms with Gasteiger partial charge in [-0.3, -0.25) is 0 Å². The van der Waals surface area contributed by atoms with Gasteiger partial charge in [-0.05, 0) is 13.8 Å². The minimum absolute atomic E-state index is 0.134. The lowest BCUT2D eigenvalue weighted by Gasteiger charge is -1.94. The van der Waals surface area contributed by atoms with Crippen LogP contribution in [0.3, 0.4) is 0 Å². The molecule has 1 atom stereocenters. The van der Waals surface area contributed by atoms with Crippen molar-refractivity contribution in [3.63, 3.8) is 0 Å². The Hall–Kier alpha value is -0.0400. The molecule has 0 heterocycles. The topological polar surface area (TPSA) is 9.23 Å². The van der Waals surface area contributed by atoms with Gasteiger partial charge in [0.05, 0.1) is 6.10 Å². The fourth-order valence-corrected chi connectivity index (χ4v) is 0. The molecule has 0 spiro atoms. The minimum Gasteiger partial charge on any atom is -0.382 e. The highest BCUT2D eigenvalue weighted by Gasteiger charge is 1.79. The van der Waals surface area contributed by atoms with Gasteiger partial charge in [0.15, 0.2) is 0 Å². The van der Waals surface area contributed by atoms with E-state index in [0.717, 1.165) is 0 Å². The second-order valence-electron chi connectivity index (χ2n) is 1.05. The van der Waals surface area contributed by atoms with Gasteiger partial charge in [-0.25, -0.2) is 0 Å². The minimum atomic E-state index is 0.134. The highest BCUT2D eigenvalue weighted by molar-refractivity contribution is 4.44. The van der Waals surface area contributed by atoms with Crippen LogP contribution >= 0.6 is 0 Å². The molecule has 0 saturated heterocycles. The summed E-state index contributed by atoms with van der Waals surface area (Å²) in [5, 5.41) is 0. The van der Waals surface area contributed by atoms with Crippen molar-refractivity contribution in [2.75, 3.05) is 7.11 Å². The number of methoxy groups -OCH3 is 1. The molecule has 0 aliphatic heterocycles. The zero-order chi connectivity index (χ0) is 4.28. The normalized spacial score (nSPS) is 9.60. The summed E-state index contributed by atoms with van der Waals surface area (Å²) in [5.41, 5.74) is 0. The summed E-state index contributed by atoms with van der Waals surface area (Å²) in [4.78, 5) is 0. The van der Waals surface area contributed by atoms with Crippen LogP contribution in [0.25, 0.3) is 0 Å². The fraction of sp³-hybridized carbons (Fsp3) is 0.750. The lowest BCUT2D eigenvalue weighted by atomic mass is 10.5. The Morgan fingerprint density at radius 2 is 2.00 bits per heavy atom. The van der Waals surface area contributed by atoms with E-state index in [9.17, 15) is 0 Å². The van der Waals surface area contributed by atoms with Crippen molar-refractivity contribution in [2.24, 2.45) is 0 Å². The molecule has 0 bridgehead atoms. The van der Waals surface area contributed by atoms with Crippen molar-refractivity contribution in [2.45, 2.75) is 13.0 Å². The van der Waals surface area contributed by atoms with Crippen LogP contribution in [-0.2, 0) is 4.74 Å². The van der Waals surface area contributed by atoms with Crippen molar-refractivity contribution in [3.8, 4) is 0 Å². The second kappa shape index (κ2) is 2.21. The van der Waals surface area contributed by atoms with E-state index in [-0.39, 0.29) is 6.10 Å². The molecule has 0 aromatic heterocycles. The van der Waals surface area contributed by atoms with Crippen molar-refractivity contribution in [3.05, 3.63) is 6.92 Å².